The summed E-state index contributed by atoms with van der Waals surface area (Å²) in [7, 11) is 0. The fraction of sp³-hybridized carbons (Fsp3) is 0.545. The third-order valence-electron chi connectivity index (χ3n) is 5.18. The topological polar surface area (TPSA) is 86.7 Å². The van der Waals surface area contributed by atoms with Gasteiger partial charge in [0, 0.05) is 18.7 Å². The Bertz CT molecular complexity index is 883. The first kappa shape index (κ1) is 25.4. The third-order valence-corrected chi connectivity index (χ3v) is 5.18. The van der Waals surface area contributed by atoms with Crippen molar-refractivity contribution in [1.82, 2.24) is 15.6 Å². The van der Waals surface area contributed by atoms with E-state index in [4.69, 9.17) is 0 Å². The van der Waals surface area contributed by atoms with Crippen molar-refractivity contribution < 1.29 is 22.8 Å². The molecule has 0 unspecified atom stereocenters. The predicted octanol–water partition coefficient (Wildman–Crippen LogP) is 4.87. The van der Waals surface area contributed by atoms with Crippen LogP contribution >= 0.6 is 0 Å². The highest BCUT2D eigenvalue weighted by Gasteiger charge is 2.37. The zero-order valence-electron chi connectivity index (χ0n) is 18.8. The van der Waals surface area contributed by atoms with E-state index >= 15 is 0 Å². The summed E-state index contributed by atoms with van der Waals surface area (Å²) in [6.07, 6.45) is 2.45. The summed E-state index contributed by atoms with van der Waals surface area (Å²) in [5, 5.41) is 4.73. The molecule has 32 heavy (non-hydrogen) atoms. The number of amides is 3. The minimum Gasteiger partial charge on any atom is -0.339 e. The number of alkyl halides is 3. The summed E-state index contributed by atoms with van der Waals surface area (Å²) in [6.45, 7) is 6.54. The van der Waals surface area contributed by atoms with Crippen LogP contribution in [0.25, 0.3) is 0 Å². The quantitative estimate of drug-likeness (QED) is 0.617. The largest absolute Gasteiger partial charge is 0.408 e. The highest BCUT2D eigenvalue weighted by molar-refractivity contribution is 6.05. The Morgan fingerprint density at radius 3 is 2.53 bits per heavy atom. The van der Waals surface area contributed by atoms with E-state index in [2.05, 4.69) is 15.3 Å². The smallest absolute Gasteiger partial charge is 0.339 e. The number of aromatic nitrogens is 1. The zero-order chi connectivity index (χ0) is 23.9. The number of aryl methyl sites for hydroxylation is 1. The van der Waals surface area contributed by atoms with Crippen molar-refractivity contribution in [3.63, 3.8) is 0 Å². The minimum atomic E-state index is -4.57. The van der Waals surface area contributed by atoms with Gasteiger partial charge in [-0.25, -0.2) is 14.8 Å². The van der Waals surface area contributed by atoms with E-state index in [0.717, 1.165) is 19.8 Å². The number of allylic oxidation sites excluding steroid dienone is 1. The average Bonchev–Trinajstić information content (AvgIpc) is 2.74. The second-order valence-corrected chi connectivity index (χ2v) is 7.72. The Balaban J connectivity index is 2.40. The van der Waals surface area contributed by atoms with Crippen LogP contribution in [-0.4, -0.2) is 41.0 Å². The Hall–Kier alpha value is -2.91. The molecule has 2 heterocycles. The standard InChI is InChI=1S/C22H30F3N5O2/c1-5-9-16(6-2)30(21(32)29-18-10-7-8-13-26-18)19-14(3)11-12-17(28-19)20(31)27-15(4)22(23,24)25/h8,11-13,15-16H,5-7,9-10H2,1-4H3,(H,27,31)(H,26,29,32)/t15-,16-/m1/s1. The summed E-state index contributed by atoms with van der Waals surface area (Å²) in [5.41, 5.74) is 0.435. The van der Waals surface area contributed by atoms with Gasteiger partial charge in [-0.2, -0.15) is 13.2 Å². The number of urea groups is 1. The highest BCUT2D eigenvalue weighted by Crippen LogP contribution is 2.25. The van der Waals surface area contributed by atoms with Crippen molar-refractivity contribution in [1.29, 1.82) is 0 Å². The van der Waals surface area contributed by atoms with Gasteiger partial charge in [-0.1, -0.05) is 32.4 Å². The number of hydrogen-bond donors (Lipinski definition) is 2. The zero-order valence-corrected chi connectivity index (χ0v) is 18.8. The first-order valence-electron chi connectivity index (χ1n) is 10.8. The maximum absolute atomic E-state index is 13.3. The lowest BCUT2D eigenvalue weighted by atomic mass is 10.1. The molecule has 0 bridgehead atoms. The van der Waals surface area contributed by atoms with Crippen molar-refractivity contribution in [3.05, 3.63) is 35.7 Å². The van der Waals surface area contributed by atoms with Crippen LogP contribution < -0.4 is 15.5 Å². The lowest BCUT2D eigenvalue weighted by Gasteiger charge is -2.32. The Labute approximate surface area is 186 Å². The second kappa shape index (κ2) is 11.1. The Kier molecular flexibility index (Phi) is 8.80. The lowest BCUT2D eigenvalue weighted by Crippen LogP contribution is -2.49. The van der Waals surface area contributed by atoms with E-state index in [-0.39, 0.29) is 17.6 Å². The molecular formula is C22H30F3N5O2. The molecule has 2 rings (SSSR count). The second-order valence-electron chi connectivity index (χ2n) is 7.72. The molecule has 2 atom stereocenters. The number of hydrogen-bond acceptors (Lipinski definition) is 4. The maximum Gasteiger partial charge on any atom is 0.408 e. The first-order valence-corrected chi connectivity index (χ1v) is 10.8. The number of nitrogens with one attached hydrogen (secondary N) is 2. The number of anilines is 1. The van der Waals surface area contributed by atoms with Crippen LogP contribution in [0.4, 0.5) is 23.8 Å². The normalized spacial score (nSPS) is 15.5. The Morgan fingerprint density at radius 2 is 1.97 bits per heavy atom. The SMILES string of the molecule is CCC[C@@H](CC)N(C(=O)NC1=NC=CCC1)c1nc(C(=O)N[C@H](C)C(F)(F)F)ccc1C. The van der Waals surface area contributed by atoms with Gasteiger partial charge in [0.05, 0.1) is 0 Å². The van der Waals surface area contributed by atoms with Crippen molar-refractivity contribution in [2.75, 3.05) is 4.90 Å². The monoisotopic (exact) mass is 453 g/mol. The molecule has 0 spiro atoms. The van der Waals surface area contributed by atoms with Gasteiger partial charge in [-0.15, -0.1) is 0 Å². The number of halogens is 3. The van der Waals surface area contributed by atoms with E-state index in [0.29, 0.717) is 30.7 Å². The number of pyridine rings is 1. The van der Waals surface area contributed by atoms with Crippen LogP contribution in [0.1, 0.15) is 68.9 Å². The number of rotatable bonds is 7. The average molecular weight is 454 g/mol. The predicted molar refractivity (Wildman–Crippen MR) is 118 cm³/mol. The molecule has 1 aliphatic rings. The summed E-state index contributed by atoms with van der Waals surface area (Å²) >= 11 is 0. The van der Waals surface area contributed by atoms with E-state index in [1.807, 2.05) is 25.2 Å². The fourth-order valence-corrected chi connectivity index (χ4v) is 3.30. The van der Waals surface area contributed by atoms with Gasteiger partial charge >= 0.3 is 12.2 Å². The molecule has 0 fully saturated rings. The molecule has 0 radical (unpaired) electrons. The first-order chi connectivity index (χ1) is 15.1. The number of amidine groups is 1. The third kappa shape index (κ3) is 6.54. The molecule has 1 aliphatic heterocycles. The van der Waals surface area contributed by atoms with Gasteiger partial charge in [0.15, 0.2) is 0 Å². The van der Waals surface area contributed by atoms with Crippen molar-refractivity contribution in [2.45, 2.75) is 78.1 Å². The molecule has 0 aliphatic carbocycles. The van der Waals surface area contributed by atoms with E-state index in [1.54, 1.807) is 19.2 Å². The summed E-state index contributed by atoms with van der Waals surface area (Å²) < 4.78 is 38.5. The molecule has 0 saturated heterocycles. The number of carbonyl (C=O) groups is 2. The van der Waals surface area contributed by atoms with E-state index in [9.17, 15) is 22.8 Å². The molecule has 10 heteroatoms. The van der Waals surface area contributed by atoms with Gasteiger partial charge in [-0.05, 0) is 44.7 Å². The van der Waals surface area contributed by atoms with Crippen LogP contribution in [0.2, 0.25) is 0 Å². The summed E-state index contributed by atoms with van der Waals surface area (Å²) in [4.78, 5) is 35.7. The van der Waals surface area contributed by atoms with Crippen LogP contribution in [-0.2, 0) is 0 Å². The van der Waals surface area contributed by atoms with Crippen LogP contribution in [0.3, 0.4) is 0 Å². The molecule has 1 aromatic rings. The van der Waals surface area contributed by atoms with Gasteiger partial charge in [-0.3, -0.25) is 15.0 Å². The molecule has 2 N–H and O–H groups in total. The number of aliphatic imine (C=N–C) groups is 1. The summed E-state index contributed by atoms with van der Waals surface area (Å²) in [5.74, 6) is -0.191. The molecule has 176 valence electrons. The molecular weight excluding hydrogens is 423 g/mol. The molecule has 3 amide bonds. The van der Waals surface area contributed by atoms with Crippen LogP contribution in [0.15, 0.2) is 29.4 Å². The molecule has 0 aromatic carbocycles. The lowest BCUT2D eigenvalue weighted by molar-refractivity contribution is -0.149. The molecule has 1 aromatic heterocycles. The van der Waals surface area contributed by atoms with Crippen molar-refractivity contribution >= 4 is 23.6 Å². The maximum atomic E-state index is 13.3. The van der Waals surface area contributed by atoms with Crippen LogP contribution in [0.5, 0.6) is 0 Å². The van der Waals surface area contributed by atoms with Crippen LogP contribution in [0, 0.1) is 6.92 Å². The van der Waals surface area contributed by atoms with Gasteiger partial charge in [0.1, 0.15) is 23.4 Å². The van der Waals surface area contributed by atoms with Gasteiger partial charge < -0.3 is 5.32 Å². The molecule has 0 saturated carbocycles. The van der Waals surface area contributed by atoms with Gasteiger partial charge in [0.25, 0.3) is 5.91 Å². The minimum absolute atomic E-state index is 0.191. The van der Waals surface area contributed by atoms with Crippen molar-refractivity contribution in [3.8, 4) is 0 Å². The number of nitrogens with zero attached hydrogens (tertiary/aromatic N) is 3. The fourth-order valence-electron chi connectivity index (χ4n) is 3.30. The Morgan fingerprint density at radius 1 is 1.25 bits per heavy atom. The number of carbonyl (C=O) groups excluding carboxylic acids is 2. The van der Waals surface area contributed by atoms with Gasteiger partial charge in [0.2, 0.25) is 0 Å². The van der Waals surface area contributed by atoms with E-state index in [1.165, 1.54) is 11.0 Å². The summed E-state index contributed by atoms with van der Waals surface area (Å²) in [6, 6.07) is 0.260. The highest BCUT2D eigenvalue weighted by atomic mass is 19.4. The molecule has 7 nitrogen and oxygen atoms in total. The van der Waals surface area contributed by atoms with E-state index < -0.39 is 24.2 Å². The van der Waals surface area contributed by atoms with Crippen molar-refractivity contribution in [2.24, 2.45) is 4.99 Å².